The van der Waals surface area contributed by atoms with Gasteiger partial charge in [-0.25, -0.2) is 4.98 Å². The number of aromatic nitrogens is 2. The first kappa shape index (κ1) is 28.2. The van der Waals surface area contributed by atoms with Gasteiger partial charge >= 0.3 is 0 Å². The molecule has 0 bridgehead atoms. The molecule has 39 heavy (non-hydrogen) atoms. The first-order valence-corrected chi connectivity index (χ1v) is 14.1. The van der Waals surface area contributed by atoms with Gasteiger partial charge in [0.25, 0.3) is 0 Å². The molecule has 1 heterocycles. The van der Waals surface area contributed by atoms with Crippen molar-refractivity contribution in [1.29, 1.82) is 0 Å². The second kappa shape index (κ2) is 14.4. The van der Waals surface area contributed by atoms with Crippen LogP contribution >= 0.6 is 0 Å². The Morgan fingerprint density at radius 3 is 2.54 bits per heavy atom. The molecule has 4 rings (SSSR count). The van der Waals surface area contributed by atoms with Crippen LogP contribution in [0.25, 0.3) is 11.0 Å². The summed E-state index contributed by atoms with van der Waals surface area (Å²) in [4.78, 5) is 17.2. The fourth-order valence-electron chi connectivity index (χ4n) is 4.89. The number of nitrogens with zero attached hydrogens (tertiary/aromatic N) is 2. The second-order valence-electron chi connectivity index (χ2n) is 10.2. The molecule has 1 aromatic heterocycles. The summed E-state index contributed by atoms with van der Waals surface area (Å²) >= 11 is 0. The average molecular weight is 528 g/mol. The van der Waals surface area contributed by atoms with Crippen molar-refractivity contribution in [3.8, 4) is 11.5 Å². The maximum atomic E-state index is 12.3. The number of amides is 1. The fraction of sp³-hybridized carbons (Fsp3) is 0.394. The third-order valence-corrected chi connectivity index (χ3v) is 7.02. The Balaban J connectivity index is 1.19. The van der Waals surface area contributed by atoms with Crippen molar-refractivity contribution in [2.24, 2.45) is 0 Å². The summed E-state index contributed by atoms with van der Waals surface area (Å²) in [7, 11) is 1.64. The predicted octanol–water partition coefficient (Wildman–Crippen LogP) is 6.59. The van der Waals surface area contributed by atoms with Crippen LogP contribution in [-0.2, 0) is 24.2 Å². The van der Waals surface area contributed by atoms with E-state index in [1.54, 1.807) is 7.11 Å². The quantitative estimate of drug-likeness (QED) is 0.177. The molecule has 6 heteroatoms. The Hall–Kier alpha value is -3.80. The van der Waals surface area contributed by atoms with Gasteiger partial charge in [-0.3, -0.25) is 4.79 Å². The number of nitrogens with one attached hydrogen (secondary N) is 1. The van der Waals surface area contributed by atoms with Gasteiger partial charge in [0.2, 0.25) is 5.91 Å². The van der Waals surface area contributed by atoms with Crippen molar-refractivity contribution in [3.05, 3.63) is 89.2 Å². The van der Waals surface area contributed by atoms with Gasteiger partial charge in [0.05, 0.1) is 31.2 Å². The van der Waals surface area contributed by atoms with Crippen LogP contribution in [0, 0.1) is 13.8 Å². The number of benzene rings is 3. The molecule has 3 aromatic carbocycles. The molecule has 0 aliphatic carbocycles. The molecule has 6 nitrogen and oxygen atoms in total. The first-order valence-electron chi connectivity index (χ1n) is 14.1. The number of fused-ring (bicyclic) bond motifs is 1. The van der Waals surface area contributed by atoms with Crippen LogP contribution < -0.4 is 14.8 Å². The Labute approximate surface area is 232 Å². The molecule has 0 atom stereocenters. The number of imidazole rings is 1. The number of carbonyl (C=O) groups excluding carboxylic acids is 1. The van der Waals surface area contributed by atoms with E-state index in [9.17, 15) is 4.79 Å². The predicted molar refractivity (Wildman–Crippen MR) is 158 cm³/mol. The number of unbranched alkanes of at least 4 members (excludes halogenated alkanes) is 3. The number of aryl methyl sites for hydroxylation is 4. The monoisotopic (exact) mass is 527 g/mol. The molecule has 0 spiro atoms. The molecule has 1 amide bonds. The van der Waals surface area contributed by atoms with E-state index in [1.807, 2.05) is 24.3 Å². The number of hydrogen-bond donors (Lipinski definition) is 1. The zero-order chi connectivity index (χ0) is 27.5. The van der Waals surface area contributed by atoms with Crippen LogP contribution in [0.5, 0.6) is 11.5 Å². The average Bonchev–Trinajstić information content (AvgIpc) is 3.29. The van der Waals surface area contributed by atoms with Gasteiger partial charge in [0.15, 0.2) is 0 Å². The van der Waals surface area contributed by atoms with Gasteiger partial charge in [0.1, 0.15) is 17.3 Å². The summed E-state index contributed by atoms with van der Waals surface area (Å²) in [5.74, 6) is 2.99. The van der Waals surface area contributed by atoms with Gasteiger partial charge in [-0.1, -0.05) is 48.4 Å². The summed E-state index contributed by atoms with van der Waals surface area (Å²) in [6.45, 7) is 6.56. The Kier molecular flexibility index (Phi) is 10.4. The van der Waals surface area contributed by atoms with E-state index < -0.39 is 0 Å². The molecule has 1 N–H and O–H groups in total. The van der Waals surface area contributed by atoms with Crippen LogP contribution in [0.2, 0.25) is 0 Å². The lowest BCUT2D eigenvalue weighted by Gasteiger charge is -2.12. The van der Waals surface area contributed by atoms with Gasteiger partial charge in [0, 0.05) is 19.5 Å². The smallest absolute Gasteiger partial charge is 0.224 e. The van der Waals surface area contributed by atoms with E-state index in [0.29, 0.717) is 13.0 Å². The zero-order valence-electron chi connectivity index (χ0n) is 23.5. The van der Waals surface area contributed by atoms with E-state index in [2.05, 4.69) is 66.2 Å². The molecule has 0 aliphatic rings. The third kappa shape index (κ3) is 8.34. The van der Waals surface area contributed by atoms with Crippen molar-refractivity contribution in [1.82, 2.24) is 14.9 Å². The normalized spacial score (nSPS) is 11.1. The number of methoxy groups -OCH3 is 1. The van der Waals surface area contributed by atoms with Crippen LogP contribution in [0.3, 0.4) is 0 Å². The first-order chi connectivity index (χ1) is 19.0. The molecular formula is C33H41N3O3. The molecule has 0 saturated heterocycles. The van der Waals surface area contributed by atoms with Crippen molar-refractivity contribution < 1.29 is 14.3 Å². The lowest BCUT2D eigenvalue weighted by atomic mass is 10.1. The highest BCUT2D eigenvalue weighted by molar-refractivity contribution is 5.78. The summed E-state index contributed by atoms with van der Waals surface area (Å²) in [5, 5.41) is 3.05. The summed E-state index contributed by atoms with van der Waals surface area (Å²) < 4.78 is 13.6. The highest BCUT2D eigenvalue weighted by atomic mass is 16.5. The van der Waals surface area contributed by atoms with Crippen molar-refractivity contribution >= 4 is 16.9 Å². The number of rotatable bonds is 15. The highest BCUT2D eigenvalue weighted by Crippen LogP contribution is 2.21. The molecule has 0 saturated carbocycles. The van der Waals surface area contributed by atoms with E-state index in [4.69, 9.17) is 14.5 Å². The van der Waals surface area contributed by atoms with E-state index >= 15 is 0 Å². The van der Waals surface area contributed by atoms with Crippen LogP contribution in [0.1, 0.15) is 54.6 Å². The minimum Gasteiger partial charge on any atom is -0.497 e. The largest absolute Gasteiger partial charge is 0.497 e. The van der Waals surface area contributed by atoms with Crippen molar-refractivity contribution in [2.45, 2.75) is 65.3 Å². The van der Waals surface area contributed by atoms with Gasteiger partial charge in [-0.05, 0) is 81.0 Å². The van der Waals surface area contributed by atoms with Crippen LogP contribution in [-0.4, -0.2) is 35.7 Å². The lowest BCUT2D eigenvalue weighted by molar-refractivity contribution is -0.120. The maximum Gasteiger partial charge on any atom is 0.224 e. The van der Waals surface area contributed by atoms with E-state index in [1.165, 1.54) is 16.6 Å². The number of hydrogen-bond acceptors (Lipinski definition) is 4. The summed E-state index contributed by atoms with van der Waals surface area (Å²) in [6, 6.07) is 22.4. The molecule has 206 valence electrons. The lowest BCUT2D eigenvalue weighted by Crippen LogP contribution is -2.26. The Morgan fingerprint density at radius 1 is 0.923 bits per heavy atom. The molecule has 0 unspecified atom stereocenters. The molecule has 0 aliphatic heterocycles. The van der Waals surface area contributed by atoms with E-state index in [-0.39, 0.29) is 5.91 Å². The summed E-state index contributed by atoms with van der Waals surface area (Å²) in [5.41, 5.74) is 5.70. The van der Waals surface area contributed by atoms with Crippen molar-refractivity contribution in [2.75, 3.05) is 20.3 Å². The van der Waals surface area contributed by atoms with Gasteiger partial charge < -0.3 is 19.4 Å². The Morgan fingerprint density at radius 2 is 1.74 bits per heavy atom. The number of para-hydroxylation sites is 2. The summed E-state index contributed by atoms with van der Waals surface area (Å²) in [6.07, 6.45) is 6.43. The highest BCUT2D eigenvalue weighted by Gasteiger charge is 2.10. The zero-order valence-corrected chi connectivity index (χ0v) is 23.5. The van der Waals surface area contributed by atoms with E-state index in [0.717, 1.165) is 80.1 Å². The van der Waals surface area contributed by atoms with Crippen LogP contribution in [0.4, 0.5) is 0 Å². The SMILES string of the molecule is COc1ccc(CC(=O)NCCCCCc2nc3ccccc3n2CCCCOc2ccc(C)cc2C)cc1. The topological polar surface area (TPSA) is 65.4 Å². The standard InChI is InChI=1S/C33H41N3O3/c1-25-14-19-31(26(2)23-25)39-22-10-9-21-36-30-12-7-6-11-29(30)35-32(36)13-5-4-8-20-34-33(37)24-27-15-17-28(38-3)18-16-27/h6-7,11-12,14-19,23H,4-5,8-10,13,20-22,24H2,1-3H3,(H,34,37). The van der Waals surface area contributed by atoms with Crippen molar-refractivity contribution in [3.63, 3.8) is 0 Å². The maximum absolute atomic E-state index is 12.3. The van der Waals surface area contributed by atoms with Gasteiger partial charge in [-0.2, -0.15) is 0 Å². The number of ether oxygens (including phenoxy) is 2. The molecular weight excluding hydrogens is 486 g/mol. The fourth-order valence-corrected chi connectivity index (χ4v) is 4.89. The molecule has 4 aromatic rings. The third-order valence-electron chi connectivity index (χ3n) is 7.02. The minimum absolute atomic E-state index is 0.0588. The van der Waals surface area contributed by atoms with Gasteiger partial charge in [-0.15, -0.1) is 0 Å². The van der Waals surface area contributed by atoms with Crippen LogP contribution in [0.15, 0.2) is 66.7 Å². The molecule has 0 fully saturated rings. The second-order valence-corrected chi connectivity index (χ2v) is 10.2. The number of carbonyl (C=O) groups is 1. The molecule has 0 radical (unpaired) electrons. The Bertz CT molecular complexity index is 1340. The minimum atomic E-state index is 0.0588.